The second-order valence-electron chi connectivity index (χ2n) is 9.34. The van der Waals surface area contributed by atoms with Gasteiger partial charge >= 0.3 is 12.2 Å². The zero-order chi connectivity index (χ0) is 23.9. The number of nitrogens with zero attached hydrogens (tertiary/aromatic N) is 8. The number of hydrogen-bond acceptors (Lipinski definition) is 8. The number of nitriles is 1. The Morgan fingerprint density at radius 3 is 2.56 bits per heavy atom. The fourth-order valence-corrected chi connectivity index (χ4v) is 5.50. The van der Waals surface area contributed by atoms with Gasteiger partial charge in [0.05, 0.1) is 17.3 Å². The molecule has 34 heavy (non-hydrogen) atoms. The molecule has 3 fully saturated rings. The second kappa shape index (κ2) is 6.82. The van der Waals surface area contributed by atoms with Crippen molar-refractivity contribution in [1.82, 2.24) is 24.7 Å². The van der Waals surface area contributed by atoms with Crippen LogP contribution in [-0.4, -0.2) is 77.2 Å². The van der Waals surface area contributed by atoms with Crippen LogP contribution in [-0.2, 0) is 5.41 Å². The summed E-state index contributed by atoms with van der Waals surface area (Å²) in [7, 11) is 1.99. The molecule has 9 nitrogen and oxygen atoms in total. The summed E-state index contributed by atoms with van der Waals surface area (Å²) in [6, 6.07) is 5.02. The number of halogens is 4. The Balaban J connectivity index is 1.38. The predicted molar refractivity (Wildman–Crippen MR) is 111 cm³/mol. The van der Waals surface area contributed by atoms with E-state index in [1.54, 1.807) is 0 Å². The van der Waals surface area contributed by atoms with Gasteiger partial charge in [-0.3, -0.25) is 0 Å². The van der Waals surface area contributed by atoms with E-state index in [0.717, 1.165) is 23.8 Å². The molecule has 1 aliphatic carbocycles. The summed E-state index contributed by atoms with van der Waals surface area (Å²) < 4.78 is 64.7. The first-order valence-electron chi connectivity index (χ1n) is 10.8. The summed E-state index contributed by atoms with van der Waals surface area (Å²) in [5.41, 5.74) is -3.20. The van der Waals surface area contributed by atoms with E-state index in [-0.39, 0.29) is 48.3 Å². The van der Waals surface area contributed by atoms with E-state index in [0.29, 0.717) is 13.1 Å². The number of anilines is 2. The maximum Gasteiger partial charge on any atom is 0.397 e. The van der Waals surface area contributed by atoms with E-state index in [4.69, 9.17) is 4.42 Å². The van der Waals surface area contributed by atoms with Crippen molar-refractivity contribution >= 4 is 17.2 Å². The Labute approximate surface area is 191 Å². The SMILES string of the molecule is CN1CCN(c2nnc([C@]34CN(c5ccc(C#N)n6ncc(F)c56)C[C@@]3(C(F)(F)F)C4)o2)CC1. The van der Waals surface area contributed by atoms with Crippen LogP contribution in [0.5, 0.6) is 0 Å². The van der Waals surface area contributed by atoms with Gasteiger partial charge in [0.1, 0.15) is 22.7 Å². The first-order valence-corrected chi connectivity index (χ1v) is 10.8. The van der Waals surface area contributed by atoms with Gasteiger partial charge in [0.15, 0.2) is 5.82 Å². The molecule has 3 aromatic heterocycles. The van der Waals surface area contributed by atoms with Crippen molar-refractivity contribution in [2.75, 3.05) is 56.1 Å². The lowest BCUT2D eigenvalue weighted by atomic mass is 9.95. The number of piperazine rings is 1. The molecular formula is C21H20F4N8O. The van der Waals surface area contributed by atoms with Crippen LogP contribution >= 0.6 is 0 Å². The van der Waals surface area contributed by atoms with Crippen LogP contribution in [0.2, 0.25) is 0 Å². The van der Waals surface area contributed by atoms with E-state index >= 15 is 0 Å². The molecule has 3 aromatic rings. The lowest BCUT2D eigenvalue weighted by Crippen LogP contribution is -2.44. The van der Waals surface area contributed by atoms with Crippen molar-refractivity contribution in [3.63, 3.8) is 0 Å². The van der Waals surface area contributed by atoms with Crippen molar-refractivity contribution in [2.45, 2.75) is 18.0 Å². The molecule has 2 atom stereocenters. The fourth-order valence-electron chi connectivity index (χ4n) is 5.50. The number of pyridine rings is 1. The molecule has 2 saturated heterocycles. The Bertz CT molecular complexity index is 1320. The first-order chi connectivity index (χ1) is 16.2. The summed E-state index contributed by atoms with van der Waals surface area (Å²) >= 11 is 0. The van der Waals surface area contributed by atoms with Gasteiger partial charge in [0.2, 0.25) is 5.89 Å². The minimum absolute atomic E-state index is 0.0310. The topological polar surface area (TPSA) is 89.7 Å². The molecule has 0 spiro atoms. The largest absolute Gasteiger partial charge is 0.407 e. The number of aromatic nitrogens is 4. The van der Waals surface area contributed by atoms with Crippen molar-refractivity contribution in [3.05, 3.63) is 35.7 Å². The van der Waals surface area contributed by atoms with Crippen molar-refractivity contribution < 1.29 is 22.0 Å². The van der Waals surface area contributed by atoms with Crippen molar-refractivity contribution in [3.8, 4) is 6.07 Å². The van der Waals surface area contributed by atoms with Crippen LogP contribution in [0.25, 0.3) is 5.52 Å². The van der Waals surface area contributed by atoms with E-state index < -0.39 is 22.8 Å². The normalized spacial score (nSPS) is 27.3. The van der Waals surface area contributed by atoms with Gasteiger partial charge in [0.25, 0.3) is 0 Å². The van der Waals surface area contributed by atoms with Crippen LogP contribution in [0.4, 0.5) is 29.3 Å². The lowest BCUT2D eigenvalue weighted by molar-refractivity contribution is -0.187. The number of rotatable bonds is 3. The van der Waals surface area contributed by atoms with Crippen LogP contribution in [0.15, 0.2) is 22.7 Å². The quantitative estimate of drug-likeness (QED) is 0.532. The van der Waals surface area contributed by atoms with E-state index in [2.05, 4.69) is 20.2 Å². The highest BCUT2D eigenvalue weighted by molar-refractivity contribution is 5.76. The predicted octanol–water partition coefficient (Wildman–Crippen LogP) is 2.19. The highest BCUT2D eigenvalue weighted by atomic mass is 19.4. The smallest absolute Gasteiger partial charge is 0.397 e. The minimum atomic E-state index is -4.52. The third kappa shape index (κ3) is 2.71. The zero-order valence-electron chi connectivity index (χ0n) is 18.2. The molecular weight excluding hydrogens is 456 g/mol. The van der Waals surface area contributed by atoms with Gasteiger partial charge in [-0.25, -0.2) is 8.91 Å². The van der Waals surface area contributed by atoms with Gasteiger partial charge < -0.3 is 19.1 Å². The van der Waals surface area contributed by atoms with Gasteiger partial charge in [-0.1, -0.05) is 5.10 Å². The molecule has 178 valence electrons. The maximum absolute atomic E-state index is 14.6. The Kier molecular flexibility index (Phi) is 4.24. The molecule has 1 saturated carbocycles. The number of piperidine rings is 1. The lowest BCUT2D eigenvalue weighted by Gasteiger charge is -2.30. The van der Waals surface area contributed by atoms with Gasteiger partial charge in [0, 0.05) is 39.3 Å². The van der Waals surface area contributed by atoms with Gasteiger partial charge in [-0.2, -0.15) is 23.5 Å². The van der Waals surface area contributed by atoms with E-state index in [1.807, 2.05) is 18.0 Å². The second-order valence-corrected chi connectivity index (χ2v) is 9.34. The van der Waals surface area contributed by atoms with Crippen LogP contribution in [0.3, 0.4) is 0 Å². The molecule has 13 heteroatoms. The maximum atomic E-state index is 14.6. The molecule has 3 aliphatic rings. The van der Waals surface area contributed by atoms with Crippen molar-refractivity contribution in [2.24, 2.45) is 5.41 Å². The molecule has 5 heterocycles. The van der Waals surface area contributed by atoms with E-state index in [1.165, 1.54) is 17.0 Å². The summed E-state index contributed by atoms with van der Waals surface area (Å²) in [5.74, 6) is -0.752. The van der Waals surface area contributed by atoms with Crippen molar-refractivity contribution in [1.29, 1.82) is 5.26 Å². The summed E-state index contributed by atoms with van der Waals surface area (Å²) in [6.07, 6.45) is -3.74. The first kappa shape index (κ1) is 21.2. The summed E-state index contributed by atoms with van der Waals surface area (Å²) in [5, 5.41) is 21.3. The Hall–Kier alpha value is -3.40. The minimum Gasteiger partial charge on any atom is -0.407 e. The highest BCUT2D eigenvalue weighted by Gasteiger charge is 2.86. The van der Waals surface area contributed by atoms with Crippen LogP contribution in [0, 0.1) is 22.6 Å². The molecule has 6 rings (SSSR count). The number of fused-ring (bicyclic) bond motifs is 2. The number of hydrogen-bond donors (Lipinski definition) is 0. The monoisotopic (exact) mass is 476 g/mol. The highest BCUT2D eigenvalue weighted by Crippen LogP contribution is 2.75. The molecule has 0 amide bonds. The molecule has 2 aliphatic heterocycles. The third-order valence-electron chi connectivity index (χ3n) is 7.51. The Morgan fingerprint density at radius 1 is 1.09 bits per heavy atom. The third-order valence-corrected chi connectivity index (χ3v) is 7.51. The zero-order valence-corrected chi connectivity index (χ0v) is 18.2. The average Bonchev–Trinajstić information content (AvgIpc) is 3.20. The summed E-state index contributed by atoms with van der Waals surface area (Å²) in [6.45, 7) is 2.41. The van der Waals surface area contributed by atoms with Gasteiger partial charge in [-0.15, -0.1) is 5.10 Å². The number of likely N-dealkylation sites (N-methyl/N-ethyl adjacent to an activating group) is 1. The van der Waals surface area contributed by atoms with Crippen LogP contribution < -0.4 is 9.80 Å². The molecule has 0 aromatic carbocycles. The van der Waals surface area contributed by atoms with Crippen LogP contribution in [0.1, 0.15) is 18.0 Å². The van der Waals surface area contributed by atoms with E-state index in [9.17, 15) is 22.8 Å². The Morgan fingerprint density at radius 2 is 1.85 bits per heavy atom. The standard InChI is InChI=1S/C21H20F4N8O/c1-30-4-6-31(7-5-30)18-29-28-17(34-18)19-10-20(19,21(23,24)25)12-32(11-19)15-3-2-13(8-26)33-16(15)14(22)9-27-33/h2-3,9H,4-7,10-12H2,1H3/t19-,20-/m0/s1. The molecule has 0 bridgehead atoms. The fraction of sp³-hybridized carbons (Fsp3) is 0.524. The average molecular weight is 476 g/mol. The molecule has 0 unspecified atom stereocenters. The molecule has 0 radical (unpaired) electrons. The molecule has 0 N–H and O–H groups in total. The summed E-state index contributed by atoms with van der Waals surface area (Å²) in [4.78, 5) is 5.51. The van der Waals surface area contributed by atoms with Gasteiger partial charge in [-0.05, 0) is 25.6 Å². The number of alkyl halides is 3.